The van der Waals surface area contributed by atoms with Crippen LogP contribution in [0.3, 0.4) is 0 Å². The van der Waals surface area contributed by atoms with Gasteiger partial charge >= 0.3 is 1.43 Å². The average molecular weight is 152 g/mol. The van der Waals surface area contributed by atoms with Crippen LogP contribution in [-0.2, 0) is 0 Å². The molecule has 0 fully saturated rings. The maximum Gasteiger partial charge on any atom is 1.00 e. The molecule has 0 aliphatic rings. The van der Waals surface area contributed by atoms with E-state index in [-0.39, 0.29) is 7.33 Å². The summed E-state index contributed by atoms with van der Waals surface area (Å²) >= 11 is 0. The zero-order chi connectivity index (χ0) is 8.27. The molecule has 4 heteroatoms. The van der Waals surface area contributed by atoms with E-state index in [2.05, 4.69) is 9.97 Å². The van der Waals surface area contributed by atoms with Crippen molar-refractivity contribution < 1.29 is 6.22 Å². The molecule has 0 radical (unpaired) electrons. The number of aromatic nitrogens is 2. The SMILES string of the molecule is CN(C)C(=O)c1cncnc1.[H+]. The molecule has 0 aliphatic heterocycles. The van der Waals surface area contributed by atoms with Crippen molar-refractivity contribution in [2.24, 2.45) is 0 Å². The third-order valence-corrected chi connectivity index (χ3v) is 1.21. The van der Waals surface area contributed by atoms with E-state index in [4.69, 9.17) is 0 Å². The van der Waals surface area contributed by atoms with Crippen molar-refractivity contribution in [2.45, 2.75) is 0 Å². The van der Waals surface area contributed by atoms with Gasteiger partial charge in [0.2, 0.25) is 0 Å². The first kappa shape index (κ1) is 7.65. The van der Waals surface area contributed by atoms with Crippen LogP contribution in [0.5, 0.6) is 0 Å². The van der Waals surface area contributed by atoms with Gasteiger partial charge in [0.15, 0.2) is 0 Å². The number of carbonyl (C=O) groups excluding carboxylic acids is 1. The molecule has 1 heterocycles. The van der Waals surface area contributed by atoms with Crippen LogP contribution < -0.4 is 0 Å². The lowest BCUT2D eigenvalue weighted by Gasteiger charge is -2.08. The van der Waals surface area contributed by atoms with Gasteiger partial charge in [0.1, 0.15) is 6.33 Å². The minimum Gasteiger partial charge on any atom is -0.345 e. The summed E-state index contributed by atoms with van der Waals surface area (Å²) in [5, 5.41) is 0. The number of nitrogens with zero attached hydrogens (tertiary/aromatic N) is 3. The van der Waals surface area contributed by atoms with Crippen LogP contribution in [0.25, 0.3) is 0 Å². The number of rotatable bonds is 1. The maximum absolute atomic E-state index is 11.2. The molecular weight excluding hydrogens is 142 g/mol. The first-order valence-corrected chi connectivity index (χ1v) is 3.18. The average Bonchev–Trinajstić information content (AvgIpc) is 2.05. The van der Waals surface area contributed by atoms with Gasteiger partial charge < -0.3 is 4.90 Å². The van der Waals surface area contributed by atoms with Crippen molar-refractivity contribution in [1.82, 2.24) is 14.9 Å². The van der Waals surface area contributed by atoms with Crippen molar-refractivity contribution in [2.75, 3.05) is 14.1 Å². The molecular formula is C7H10N3O+. The largest absolute Gasteiger partial charge is 1.00 e. The van der Waals surface area contributed by atoms with Gasteiger partial charge in [0.05, 0.1) is 5.56 Å². The molecule has 0 aromatic carbocycles. The van der Waals surface area contributed by atoms with Crippen LogP contribution in [-0.4, -0.2) is 34.9 Å². The lowest BCUT2D eigenvalue weighted by atomic mass is 10.3. The summed E-state index contributed by atoms with van der Waals surface area (Å²) in [4.78, 5) is 20.1. The van der Waals surface area contributed by atoms with E-state index in [1.807, 2.05) is 0 Å². The normalized spacial score (nSPS) is 9.27. The van der Waals surface area contributed by atoms with E-state index >= 15 is 0 Å². The summed E-state index contributed by atoms with van der Waals surface area (Å²) in [6, 6.07) is 0. The second-order valence-corrected chi connectivity index (χ2v) is 2.33. The van der Waals surface area contributed by atoms with Crippen LogP contribution >= 0.6 is 0 Å². The summed E-state index contributed by atoms with van der Waals surface area (Å²) < 4.78 is 0. The Kier molecular flexibility index (Phi) is 2.15. The minimum absolute atomic E-state index is 0. The Bertz CT molecular complexity index is 250. The third kappa shape index (κ3) is 1.73. The topological polar surface area (TPSA) is 46.1 Å². The fourth-order valence-corrected chi connectivity index (χ4v) is 0.668. The molecule has 58 valence electrons. The highest BCUT2D eigenvalue weighted by Crippen LogP contribution is 1.95. The minimum atomic E-state index is -0.0781. The second-order valence-electron chi connectivity index (χ2n) is 2.33. The van der Waals surface area contributed by atoms with Crippen LogP contribution in [0.2, 0.25) is 0 Å². The van der Waals surface area contributed by atoms with Gasteiger partial charge in [-0.25, -0.2) is 9.97 Å². The molecule has 0 saturated carbocycles. The van der Waals surface area contributed by atoms with E-state index in [1.165, 1.54) is 23.6 Å². The van der Waals surface area contributed by atoms with Gasteiger partial charge in [-0.2, -0.15) is 0 Å². The molecule has 1 aromatic heterocycles. The molecule has 0 unspecified atom stereocenters. The van der Waals surface area contributed by atoms with Gasteiger partial charge in [-0.3, -0.25) is 4.79 Å². The molecule has 1 aromatic rings. The fourth-order valence-electron chi connectivity index (χ4n) is 0.668. The maximum atomic E-state index is 11.2. The molecule has 0 spiro atoms. The Hall–Kier alpha value is -1.45. The van der Waals surface area contributed by atoms with Crippen LogP contribution in [0.4, 0.5) is 0 Å². The Labute approximate surface area is 66.4 Å². The monoisotopic (exact) mass is 152 g/mol. The summed E-state index contributed by atoms with van der Waals surface area (Å²) in [7, 11) is 3.38. The Morgan fingerprint density at radius 3 is 2.45 bits per heavy atom. The zero-order valence-electron chi connectivity index (χ0n) is 7.48. The molecule has 0 atom stereocenters. The van der Waals surface area contributed by atoms with Crippen LogP contribution in [0, 0.1) is 0 Å². The van der Waals surface area contributed by atoms with Crippen LogP contribution in [0.1, 0.15) is 11.8 Å². The Balaban J connectivity index is 0.00000121. The van der Waals surface area contributed by atoms with E-state index < -0.39 is 0 Å². The van der Waals surface area contributed by atoms with Gasteiger partial charge in [-0.05, 0) is 0 Å². The van der Waals surface area contributed by atoms with Crippen molar-refractivity contribution in [3.05, 3.63) is 24.3 Å². The molecule has 0 bridgehead atoms. The lowest BCUT2D eigenvalue weighted by molar-refractivity contribution is 0.0827. The first-order valence-electron chi connectivity index (χ1n) is 3.18. The van der Waals surface area contributed by atoms with Gasteiger partial charge in [0.25, 0.3) is 5.91 Å². The highest BCUT2D eigenvalue weighted by atomic mass is 16.2. The summed E-state index contributed by atoms with van der Waals surface area (Å²) in [5.74, 6) is -0.0781. The number of hydrogen-bond donors (Lipinski definition) is 0. The van der Waals surface area contributed by atoms with Crippen molar-refractivity contribution in [3.8, 4) is 0 Å². The molecule has 0 N–H and O–H groups in total. The molecule has 1 amide bonds. The number of hydrogen-bond acceptors (Lipinski definition) is 3. The summed E-state index contributed by atoms with van der Waals surface area (Å²) in [6.07, 6.45) is 4.39. The predicted octanol–water partition coefficient (Wildman–Crippen LogP) is 0.291. The van der Waals surface area contributed by atoms with E-state index in [0.29, 0.717) is 5.56 Å². The smallest absolute Gasteiger partial charge is 0.345 e. The van der Waals surface area contributed by atoms with Gasteiger partial charge in [-0.1, -0.05) is 0 Å². The first-order chi connectivity index (χ1) is 5.22. The van der Waals surface area contributed by atoms with Crippen molar-refractivity contribution in [3.63, 3.8) is 0 Å². The second kappa shape index (κ2) is 3.09. The highest BCUT2D eigenvalue weighted by Gasteiger charge is 2.06. The molecule has 0 aliphatic carbocycles. The van der Waals surface area contributed by atoms with Gasteiger partial charge in [0, 0.05) is 26.5 Å². The van der Waals surface area contributed by atoms with E-state index in [0.717, 1.165) is 0 Å². The summed E-state index contributed by atoms with van der Waals surface area (Å²) in [5.41, 5.74) is 0.512. The quantitative estimate of drug-likeness (QED) is 0.581. The molecule has 0 saturated heterocycles. The van der Waals surface area contributed by atoms with Crippen LogP contribution in [0.15, 0.2) is 18.7 Å². The van der Waals surface area contributed by atoms with E-state index in [9.17, 15) is 4.79 Å². The number of carbonyl (C=O) groups is 1. The van der Waals surface area contributed by atoms with Crippen molar-refractivity contribution >= 4 is 5.91 Å². The van der Waals surface area contributed by atoms with Gasteiger partial charge in [-0.15, -0.1) is 0 Å². The number of amides is 1. The summed E-state index contributed by atoms with van der Waals surface area (Å²) in [6.45, 7) is 0. The lowest BCUT2D eigenvalue weighted by Crippen LogP contribution is -2.21. The Morgan fingerprint density at radius 1 is 1.45 bits per heavy atom. The van der Waals surface area contributed by atoms with Crippen molar-refractivity contribution in [1.29, 1.82) is 0 Å². The molecule has 4 nitrogen and oxygen atoms in total. The molecule has 1 rings (SSSR count). The predicted molar refractivity (Wildman–Crippen MR) is 41.2 cm³/mol. The standard InChI is InChI=1S/C7H9N3O/c1-10(2)7(11)6-3-8-5-9-4-6/h3-5H,1-2H3/p+1. The fraction of sp³-hybridized carbons (Fsp3) is 0.286. The van der Waals surface area contributed by atoms with E-state index in [1.54, 1.807) is 14.1 Å². The third-order valence-electron chi connectivity index (χ3n) is 1.21. The molecule has 11 heavy (non-hydrogen) atoms. The zero-order valence-corrected chi connectivity index (χ0v) is 6.48. The Morgan fingerprint density at radius 2 is 2.00 bits per heavy atom. The highest BCUT2D eigenvalue weighted by molar-refractivity contribution is 5.93.